The van der Waals surface area contributed by atoms with Gasteiger partial charge in [-0.05, 0) is 48.7 Å². The Morgan fingerprint density at radius 2 is 1.91 bits per heavy atom. The average Bonchev–Trinajstić information content (AvgIpc) is 3.23. The van der Waals surface area contributed by atoms with Crippen molar-refractivity contribution < 1.29 is 4.79 Å². The molecule has 0 bridgehead atoms. The van der Waals surface area contributed by atoms with Gasteiger partial charge in [-0.25, -0.2) is 0 Å². The summed E-state index contributed by atoms with van der Waals surface area (Å²) in [5.41, 5.74) is 2.45. The summed E-state index contributed by atoms with van der Waals surface area (Å²) < 4.78 is 0. The van der Waals surface area contributed by atoms with E-state index in [0.717, 1.165) is 35.0 Å². The highest BCUT2D eigenvalue weighted by molar-refractivity contribution is 6.31. The van der Waals surface area contributed by atoms with E-state index in [-0.39, 0.29) is 5.91 Å². The number of nitrogens with one attached hydrogen (secondary N) is 2. The number of halogens is 1. The lowest BCUT2D eigenvalue weighted by Gasteiger charge is -2.15. The standard InChI is InChI=1S/C18H15ClN2O/c19-12-6-7-16-14(10-12)15(11-20-16)18(8-9-18)17(22)21-13-4-2-1-3-5-13/h1-7,10-11,20H,8-9H2,(H,21,22). The molecule has 1 heterocycles. The van der Waals surface area contributed by atoms with E-state index in [9.17, 15) is 4.79 Å². The number of hydrogen-bond acceptors (Lipinski definition) is 1. The Labute approximate surface area is 133 Å². The Balaban J connectivity index is 1.71. The topological polar surface area (TPSA) is 44.9 Å². The third-order valence-corrected chi connectivity index (χ3v) is 4.61. The van der Waals surface area contributed by atoms with E-state index in [2.05, 4.69) is 10.3 Å². The lowest BCUT2D eigenvalue weighted by molar-refractivity contribution is -0.118. The summed E-state index contributed by atoms with van der Waals surface area (Å²) >= 11 is 6.11. The van der Waals surface area contributed by atoms with Crippen molar-refractivity contribution in [1.82, 2.24) is 4.98 Å². The van der Waals surface area contributed by atoms with Gasteiger partial charge >= 0.3 is 0 Å². The lowest BCUT2D eigenvalue weighted by atomic mass is 9.94. The van der Waals surface area contributed by atoms with Gasteiger partial charge in [-0.15, -0.1) is 0 Å². The fourth-order valence-corrected chi connectivity index (χ4v) is 3.18. The van der Waals surface area contributed by atoms with Gasteiger partial charge in [-0.3, -0.25) is 4.79 Å². The number of rotatable bonds is 3. The van der Waals surface area contributed by atoms with Crippen molar-refractivity contribution in [2.24, 2.45) is 0 Å². The van der Waals surface area contributed by atoms with E-state index in [1.165, 1.54) is 0 Å². The zero-order chi connectivity index (χ0) is 15.2. The number of H-pyrrole nitrogens is 1. The molecule has 3 aromatic rings. The highest BCUT2D eigenvalue weighted by Gasteiger charge is 2.52. The predicted molar refractivity (Wildman–Crippen MR) is 89.3 cm³/mol. The first-order valence-electron chi connectivity index (χ1n) is 7.33. The Kier molecular flexibility index (Phi) is 2.98. The van der Waals surface area contributed by atoms with Crippen LogP contribution in [0.3, 0.4) is 0 Å². The average molecular weight is 311 g/mol. The quantitative estimate of drug-likeness (QED) is 0.735. The molecule has 4 heteroatoms. The van der Waals surface area contributed by atoms with Gasteiger partial charge in [0.15, 0.2) is 0 Å². The number of aromatic nitrogens is 1. The van der Waals surface area contributed by atoms with Crippen molar-refractivity contribution in [3.05, 3.63) is 65.3 Å². The Morgan fingerprint density at radius 3 is 2.64 bits per heavy atom. The fourth-order valence-electron chi connectivity index (χ4n) is 3.00. The first-order valence-corrected chi connectivity index (χ1v) is 7.70. The fraction of sp³-hybridized carbons (Fsp3) is 0.167. The highest BCUT2D eigenvalue weighted by Crippen LogP contribution is 2.51. The molecule has 1 aromatic heterocycles. The summed E-state index contributed by atoms with van der Waals surface area (Å²) in [7, 11) is 0. The van der Waals surface area contributed by atoms with E-state index >= 15 is 0 Å². The SMILES string of the molecule is O=C(Nc1ccccc1)C1(c2c[nH]c3ccc(Cl)cc23)CC1. The summed E-state index contributed by atoms with van der Waals surface area (Å²) in [6.45, 7) is 0. The van der Waals surface area contributed by atoms with Crippen molar-refractivity contribution >= 4 is 34.1 Å². The van der Waals surface area contributed by atoms with Gasteiger partial charge in [-0.2, -0.15) is 0 Å². The number of hydrogen-bond donors (Lipinski definition) is 2. The van der Waals surface area contributed by atoms with Crippen LogP contribution >= 0.6 is 11.6 Å². The van der Waals surface area contributed by atoms with Gasteiger partial charge in [0.2, 0.25) is 5.91 Å². The maximum Gasteiger partial charge on any atom is 0.235 e. The van der Waals surface area contributed by atoms with Crippen molar-refractivity contribution in [2.45, 2.75) is 18.3 Å². The zero-order valence-corrected chi connectivity index (χ0v) is 12.7. The van der Waals surface area contributed by atoms with Crippen LogP contribution in [0.15, 0.2) is 54.7 Å². The molecule has 0 radical (unpaired) electrons. The van der Waals surface area contributed by atoms with Crippen LogP contribution in [0.4, 0.5) is 5.69 Å². The lowest BCUT2D eigenvalue weighted by Crippen LogP contribution is -2.27. The number of carbonyl (C=O) groups excluding carboxylic acids is 1. The molecule has 1 aliphatic carbocycles. The minimum atomic E-state index is -0.432. The van der Waals surface area contributed by atoms with Gasteiger partial charge in [0, 0.05) is 27.8 Å². The van der Waals surface area contributed by atoms with Crippen molar-refractivity contribution in [3.63, 3.8) is 0 Å². The molecular formula is C18H15ClN2O. The van der Waals surface area contributed by atoms with Crippen molar-refractivity contribution in [3.8, 4) is 0 Å². The van der Waals surface area contributed by atoms with Gasteiger partial charge in [0.05, 0.1) is 5.41 Å². The van der Waals surface area contributed by atoms with Gasteiger partial charge in [-0.1, -0.05) is 29.8 Å². The summed E-state index contributed by atoms with van der Waals surface area (Å²) in [6.07, 6.45) is 3.68. The van der Waals surface area contributed by atoms with E-state index in [1.54, 1.807) is 0 Å². The monoisotopic (exact) mass is 310 g/mol. The minimum absolute atomic E-state index is 0.0552. The smallest absolute Gasteiger partial charge is 0.235 e. The summed E-state index contributed by atoms with van der Waals surface area (Å²) in [4.78, 5) is 16.0. The second kappa shape index (κ2) is 4.89. The second-order valence-corrected chi connectivity index (χ2v) is 6.23. The first kappa shape index (κ1) is 13.4. The van der Waals surface area contributed by atoms with E-state index < -0.39 is 5.41 Å². The van der Waals surface area contributed by atoms with Gasteiger partial charge < -0.3 is 10.3 Å². The molecular weight excluding hydrogens is 296 g/mol. The molecule has 22 heavy (non-hydrogen) atoms. The number of para-hydroxylation sites is 1. The molecule has 0 spiro atoms. The van der Waals surface area contributed by atoms with Crippen LogP contribution in [-0.4, -0.2) is 10.9 Å². The molecule has 1 fully saturated rings. The van der Waals surface area contributed by atoms with E-state index in [0.29, 0.717) is 5.02 Å². The molecule has 0 aliphatic heterocycles. The van der Waals surface area contributed by atoms with Crippen LogP contribution < -0.4 is 5.32 Å². The molecule has 2 aromatic carbocycles. The van der Waals surface area contributed by atoms with Gasteiger partial charge in [0.1, 0.15) is 0 Å². The molecule has 0 unspecified atom stereocenters. The number of carbonyl (C=O) groups is 1. The van der Waals surface area contributed by atoms with Crippen LogP contribution in [0.5, 0.6) is 0 Å². The Morgan fingerprint density at radius 1 is 1.14 bits per heavy atom. The summed E-state index contributed by atoms with van der Waals surface area (Å²) in [5.74, 6) is 0.0552. The molecule has 4 rings (SSSR count). The molecule has 1 saturated carbocycles. The Bertz CT molecular complexity index is 850. The molecule has 110 valence electrons. The third-order valence-electron chi connectivity index (χ3n) is 4.38. The summed E-state index contributed by atoms with van der Waals surface area (Å²) in [5, 5.41) is 4.75. The third kappa shape index (κ3) is 2.09. The second-order valence-electron chi connectivity index (χ2n) is 5.79. The minimum Gasteiger partial charge on any atom is -0.361 e. The van der Waals surface area contributed by atoms with Crippen LogP contribution in [0.2, 0.25) is 5.02 Å². The van der Waals surface area contributed by atoms with Gasteiger partial charge in [0.25, 0.3) is 0 Å². The Hall–Kier alpha value is -2.26. The number of amides is 1. The van der Waals surface area contributed by atoms with Crippen LogP contribution in [-0.2, 0) is 10.2 Å². The normalized spacial score (nSPS) is 15.7. The summed E-state index contributed by atoms with van der Waals surface area (Å²) in [6, 6.07) is 15.3. The van der Waals surface area contributed by atoms with Crippen molar-refractivity contribution in [2.75, 3.05) is 5.32 Å². The highest BCUT2D eigenvalue weighted by atomic mass is 35.5. The maximum atomic E-state index is 12.8. The largest absolute Gasteiger partial charge is 0.361 e. The number of benzene rings is 2. The molecule has 3 nitrogen and oxygen atoms in total. The number of anilines is 1. The number of fused-ring (bicyclic) bond motifs is 1. The molecule has 0 saturated heterocycles. The molecule has 1 aliphatic rings. The zero-order valence-electron chi connectivity index (χ0n) is 11.9. The predicted octanol–water partition coefficient (Wildman–Crippen LogP) is 4.49. The van der Waals surface area contributed by atoms with E-state index in [1.807, 2.05) is 54.7 Å². The number of aromatic amines is 1. The van der Waals surface area contributed by atoms with Crippen LogP contribution in [0, 0.1) is 0 Å². The molecule has 1 amide bonds. The molecule has 0 atom stereocenters. The molecule has 2 N–H and O–H groups in total. The van der Waals surface area contributed by atoms with Crippen molar-refractivity contribution in [1.29, 1.82) is 0 Å². The maximum absolute atomic E-state index is 12.8. The van der Waals surface area contributed by atoms with Crippen LogP contribution in [0.25, 0.3) is 10.9 Å². The van der Waals surface area contributed by atoms with E-state index in [4.69, 9.17) is 11.6 Å². The van der Waals surface area contributed by atoms with Crippen LogP contribution in [0.1, 0.15) is 18.4 Å². The first-order chi connectivity index (χ1) is 10.7.